The maximum Gasteiger partial charge on any atom is 0.219 e. The third-order valence-electron chi connectivity index (χ3n) is 2.28. The second kappa shape index (κ2) is 6.48. The maximum absolute atomic E-state index is 12.8. The fourth-order valence-electron chi connectivity index (χ4n) is 1.36. The Morgan fingerprint density at radius 3 is 2.94 bits per heavy atom. The van der Waals surface area contributed by atoms with Crippen LogP contribution >= 0.6 is 0 Å². The normalized spacial score (nSPS) is 9.47. The molecule has 0 fully saturated rings. The van der Waals surface area contributed by atoms with Gasteiger partial charge < -0.3 is 10.6 Å². The quantitative estimate of drug-likeness (QED) is 0.762. The number of nitriles is 1. The second-order valence-corrected chi connectivity index (χ2v) is 3.51. The number of hydrogen-bond donors (Lipinski definition) is 2. The Morgan fingerprint density at radius 2 is 2.29 bits per heavy atom. The van der Waals surface area contributed by atoms with Crippen LogP contribution in [0.3, 0.4) is 0 Å². The summed E-state index contributed by atoms with van der Waals surface area (Å²) < 4.78 is 12.8. The summed E-state index contributed by atoms with van der Waals surface area (Å²) in [7, 11) is 1.59. The number of rotatable bonds is 5. The summed E-state index contributed by atoms with van der Waals surface area (Å²) in [6.45, 7) is 0.563. The highest BCUT2D eigenvalue weighted by Gasteiger charge is 2.03. The van der Waals surface area contributed by atoms with Crippen LogP contribution in [0.5, 0.6) is 0 Å². The van der Waals surface area contributed by atoms with Gasteiger partial charge in [0, 0.05) is 20.0 Å². The lowest BCUT2D eigenvalue weighted by Gasteiger charge is -2.07. The molecule has 0 bridgehead atoms. The van der Waals surface area contributed by atoms with E-state index in [1.807, 2.05) is 6.07 Å². The van der Waals surface area contributed by atoms with Gasteiger partial charge in [-0.1, -0.05) is 0 Å². The number of nitrogens with one attached hydrogen (secondary N) is 2. The van der Waals surface area contributed by atoms with Gasteiger partial charge in [0.1, 0.15) is 11.9 Å². The van der Waals surface area contributed by atoms with Gasteiger partial charge >= 0.3 is 0 Å². The van der Waals surface area contributed by atoms with Crippen molar-refractivity contribution in [3.63, 3.8) is 0 Å². The summed E-state index contributed by atoms with van der Waals surface area (Å²) in [5.74, 6) is -0.455. The molecule has 0 aliphatic rings. The molecule has 1 aromatic rings. The Labute approximate surface area is 99.4 Å². The number of nitrogens with zero attached hydrogens (tertiary/aromatic N) is 1. The summed E-state index contributed by atoms with van der Waals surface area (Å²) in [6.07, 6.45) is 1.08. The average Bonchev–Trinajstić information content (AvgIpc) is 2.35. The van der Waals surface area contributed by atoms with E-state index in [0.29, 0.717) is 25.1 Å². The lowest BCUT2D eigenvalue weighted by molar-refractivity contribution is -0.120. The van der Waals surface area contributed by atoms with E-state index < -0.39 is 5.82 Å². The van der Waals surface area contributed by atoms with Crippen molar-refractivity contribution < 1.29 is 9.18 Å². The van der Waals surface area contributed by atoms with Crippen LogP contribution in [0.4, 0.5) is 10.1 Å². The summed E-state index contributed by atoms with van der Waals surface area (Å²) in [5.41, 5.74) is 0.857. The van der Waals surface area contributed by atoms with Gasteiger partial charge in [-0.2, -0.15) is 5.26 Å². The van der Waals surface area contributed by atoms with Crippen LogP contribution in [0.2, 0.25) is 0 Å². The highest BCUT2D eigenvalue weighted by atomic mass is 19.1. The molecule has 0 saturated carbocycles. The SMILES string of the molecule is CNC(=O)CCCNc1ccc(F)cc1C#N. The number of carbonyl (C=O) groups excluding carboxylic acids is 1. The fraction of sp³-hybridized carbons (Fsp3) is 0.333. The van der Waals surface area contributed by atoms with Crippen LogP contribution in [0.25, 0.3) is 0 Å². The van der Waals surface area contributed by atoms with Crippen molar-refractivity contribution in [1.82, 2.24) is 5.32 Å². The molecule has 2 N–H and O–H groups in total. The number of amides is 1. The van der Waals surface area contributed by atoms with E-state index >= 15 is 0 Å². The first-order valence-corrected chi connectivity index (χ1v) is 5.31. The molecule has 1 rings (SSSR count). The number of carbonyl (C=O) groups is 1. The van der Waals surface area contributed by atoms with Crippen molar-refractivity contribution in [3.05, 3.63) is 29.6 Å². The first-order chi connectivity index (χ1) is 8.17. The van der Waals surface area contributed by atoms with Crippen molar-refractivity contribution in [2.75, 3.05) is 18.9 Å². The van der Waals surface area contributed by atoms with Crippen molar-refractivity contribution in [1.29, 1.82) is 5.26 Å². The zero-order chi connectivity index (χ0) is 12.7. The molecule has 0 aromatic heterocycles. The highest BCUT2D eigenvalue weighted by molar-refractivity contribution is 5.75. The first-order valence-electron chi connectivity index (χ1n) is 5.31. The Bertz CT molecular complexity index is 440. The zero-order valence-corrected chi connectivity index (χ0v) is 9.59. The molecule has 0 heterocycles. The summed E-state index contributed by atoms with van der Waals surface area (Å²) >= 11 is 0. The predicted molar refractivity (Wildman–Crippen MR) is 62.9 cm³/mol. The van der Waals surface area contributed by atoms with Crippen LogP contribution in [0.15, 0.2) is 18.2 Å². The third kappa shape index (κ3) is 4.11. The molecule has 0 spiro atoms. The third-order valence-corrected chi connectivity index (χ3v) is 2.28. The smallest absolute Gasteiger partial charge is 0.219 e. The molecular formula is C12H14FN3O. The van der Waals surface area contributed by atoms with Crippen molar-refractivity contribution >= 4 is 11.6 Å². The summed E-state index contributed by atoms with van der Waals surface area (Å²) in [4.78, 5) is 11.0. The molecule has 0 saturated heterocycles. The van der Waals surface area contributed by atoms with Crippen molar-refractivity contribution in [2.24, 2.45) is 0 Å². The molecule has 1 amide bonds. The van der Waals surface area contributed by atoms with Gasteiger partial charge in [0.25, 0.3) is 0 Å². The van der Waals surface area contributed by atoms with Crippen molar-refractivity contribution in [2.45, 2.75) is 12.8 Å². The van der Waals surface area contributed by atoms with Gasteiger partial charge in [-0.25, -0.2) is 4.39 Å². The van der Waals surface area contributed by atoms with Crippen LogP contribution in [-0.2, 0) is 4.79 Å². The number of benzene rings is 1. The van der Waals surface area contributed by atoms with Crippen LogP contribution in [-0.4, -0.2) is 19.5 Å². The van der Waals surface area contributed by atoms with Crippen molar-refractivity contribution in [3.8, 4) is 6.07 Å². The topological polar surface area (TPSA) is 64.9 Å². The molecule has 5 heteroatoms. The molecule has 0 aliphatic heterocycles. The summed E-state index contributed by atoms with van der Waals surface area (Å²) in [5, 5.41) is 14.3. The standard InChI is InChI=1S/C12H14FN3O/c1-15-12(17)3-2-6-16-11-5-4-10(13)7-9(11)8-14/h4-5,7,16H,2-3,6H2,1H3,(H,15,17). The van der Waals surface area contributed by atoms with E-state index in [4.69, 9.17) is 5.26 Å². The monoisotopic (exact) mass is 235 g/mol. The van der Waals surface area contributed by atoms with Gasteiger partial charge in [0.2, 0.25) is 5.91 Å². The molecular weight excluding hydrogens is 221 g/mol. The minimum atomic E-state index is -0.433. The lowest BCUT2D eigenvalue weighted by Crippen LogP contribution is -2.18. The van der Waals surface area contributed by atoms with Crippen LogP contribution < -0.4 is 10.6 Å². The Kier molecular flexibility index (Phi) is 4.95. The minimum Gasteiger partial charge on any atom is -0.384 e. The molecule has 0 aliphatic carbocycles. The largest absolute Gasteiger partial charge is 0.384 e. The number of halogens is 1. The van der Waals surface area contributed by atoms with E-state index in [9.17, 15) is 9.18 Å². The Hall–Kier alpha value is -2.09. The van der Waals surface area contributed by atoms with E-state index in [1.165, 1.54) is 18.2 Å². The molecule has 0 atom stereocenters. The van der Waals surface area contributed by atoms with Gasteiger partial charge in [-0.3, -0.25) is 4.79 Å². The number of anilines is 1. The van der Waals surface area contributed by atoms with Gasteiger partial charge in [-0.05, 0) is 24.6 Å². The van der Waals surface area contributed by atoms with Gasteiger partial charge in [0.05, 0.1) is 11.3 Å². The molecule has 17 heavy (non-hydrogen) atoms. The van der Waals surface area contributed by atoms with Gasteiger partial charge in [-0.15, -0.1) is 0 Å². The summed E-state index contributed by atoms with van der Waals surface area (Å²) in [6, 6.07) is 5.91. The molecule has 0 unspecified atom stereocenters. The maximum atomic E-state index is 12.8. The molecule has 4 nitrogen and oxygen atoms in total. The predicted octanol–water partition coefficient (Wildman–Crippen LogP) is 1.64. The second-order valence-electron chi connectivity index (χ2n) is 3.51. The van der Waals surface area contributed by atoms with Crippen LogP contribution in [0, 0.1) is 17.1 Å². The Morgan fingerprint density at radius 1 is 1.53 bits per heavy atom. The molecule has 90 valence electrons. The minimum absolute atomic E-state index is 0.0218. The van der Waals surface area contributed by atoms with E-state index in [1.54, 1.807) is 7.05 Å². The van der Waals surface area contributed by atoms with E-state index in [2.05, 4.69) is 10.6 Å². The first kappa shape index (κ1) is 13.0. The fourth-order valence-corrected chi connectivity index (χ4v) is 1.36. The van der Waals surface area contributed by atoms with E-state index in [-0.39, 0.29) is 11.5 Å². The number of hydrogen-bond acceptors (Lipinski definition) is 3. The lowest BCUT2D eigenvalue weighted by atomic mass is 10.2. The zero-order valence-electron chi connectivity index (χ0n) is 9.59. The molecule has 0 radical (unpaired) electrons. The molecule has 1 aromatic carbocycles. The van der Waals surface area contributed by atoms with E-state index in [0.717, 1.165) is 0 Å². The highest BCUT2D eigenvalue weighted by Crippen LogP contribution is 2.15. The Balaban J connectivity index is 2.47. The average molecular weight is 235 g/mol. The van der Waals surface area contributed by atoms with Crippen LogP contribution in [0.1, 0.15) is 18.4 Å². The van der Waals surface area contributed by atoms with Gasteiger partial charge in [0.15, 0.2) is 0 Å².